The number of aliphatic hydroxyl groups is 1. The van der Waals surface area contributed by atoms with Gasteiger partial charge in [0.25, 0.3) is 5.91 Å². The van der Waals surface area contributed by atoms with E-state index in [4.69, 9.17) is 0 Å². The molecule has 3 aromatic heterocycles. The summed E-state index contributed by atoms with van der Waals surface area (Å²) < 4.78 is 0. The molecule has 9 nitrogen and oxygen atoms in total. The lowest BCUT2D eigenvalue weighted by molar-refractivity contribution is 0.102. The number of imidazole rings is 1. The van der Waals surface area contributed by atoms with Crippen molar-refractivity contribution in [3.05, 3.63) is 54.2 Å². The summed E-state index contributed by atoms with van der Waals surface area (Å²) >= 11 is 0. The van der Waals surface area contributed by atoms with Crippen LogP contribution in [-0.4, -0.2) is 55.4 Å². The van der Waals surface area contributed by atoms with Crippen molar-refractivity contribution < 1.29 is 9.90 Å². The smallest absolute Gasteiger partial charge is 0.258 e. The fraction of sp³-hybridized carbons (Fsp3) is 0.238. The number of carbonyl (C=O) groups is 1. The van der Waals surface area contributed by atoms with Gasteiger partial charge in [0.2, 0.25) is 0 Å². The van der Waals surface area contributed by atoms with Crippen LogP contribution in [0.15, 0.2) is 48.7 Å². The van der Waals surface area contributed by atoms with Crippen LogP contribution < -0.4 is 10.2 Å². The molecule has 1 saturated heterocycles. The highest BCUT2D eigenvalue weighted by Crippen LogP contribution is 2.21. The molecule has 0 unspecified atom stereocenters. The number of aromatic amines is 2. The number of hydrogen-bond donors (Lipinski definition) is 4. The lowest BCUT2D eigenvalue weighted by Crippen LogP contribution is -2.36. The first-order chi connectivity index (χ1) is 14.7. The van der Waals surface area contributed by atoms with Gasteiger partial charge in [-0.25, -0.2) is 9.97 Å². The first kappa shape index (κ1) is 18.3. The molecule has 4 aromatic rings. The summed E-state index contributed by atoms with van der Waals surface area (Å²) in [5.41, 5.74) is 2.93. The molecule has 152 valence electrons. The highest BCUT2D eigenvalue weighted by atomic mass is 16.3. The second-order valence-corrected chi connectivity index (χ2v) is 7.35. The Kier molecular flexibility index (Phi) is 4.64. The summed E-state index contributed by atoms with van der Waals surface area (Å²) in [6.45, 7) is 1.52. The van der Waals surface area contributed by atoms with Crippen LogP contribution in [0.25, 0.3) is 22.6 Å². The zero-order valence-electron chi connectivity index (χ0n) is 16.2. The number of piperidine rings is 1. The van der Waals surface area contributed by atoms with Gasteiger partial charge in [0.15, 0.2) is 11.6 Å². The number of nitrogens with one attached hydrogen (secondary N) is 3. The Morgan fingerprint density at radius 3 is 2.77 bits per heavy atom. The Bertz CT molecular complexity index is 1140. The Hall–Kier alpha value is -3.72. The van der Waals surface area contributed by atoms with Gasteiger partial charge in [-0.15, -0.1) is 0 Å². The van der Waals surface area contributed by atoms with Gasteiger partial charge < -0.3 is 20.3 Å². The Balaban J connectivity index is 1.26. The maximum absolute atomic E-state index is 12.6. The normalized spacial score (nSPS) is 14.9. The molecule has 0 aliphatic carbocycles. The topological polar surface area (TPSA) is 123 Å². The van der Waals surface area contributed by atoms with Crippen LogP contribution in [0.2, 0.25) is 0 Å². The van der Waals surface area contributed by atoms with E-state index < -0.39 is 0 Å². The SMILES string of the molecule is O=C(Nc1cc(-c2nc3ccccc3[nH]2)[nH]n1)c1ccc(N2CCC(O)CC2)nc1. The largest absolute Gasteiger partial charge is 0.393 e. The maximum atomic E-state index is 12.6. The van der Waals surface area contributed by atoms with E-state index >= 15 is 0 Å². The number of aliphatic hydroxyl groups excluding tert-OH is 1. The monoisotopic (exact) mass is 403 g/mol. The number of carbonyl (C=O) groups excluding carboxylic acids is 1. The molecule has 0 radical (unpaired) electrons. The van der Waals surface area contributed by atoms with Crippen molar-refractivity contribution in [1.82, 2.24) is 25.1 Å². The number of nitrogens with zero attached hydrogens (tertiary/aromatic N) is 4. The molecule has 5 rings (SSSR count). The summed E-state index contributed by atoms with van der Waals surface area (Å²) in [7, 11) is 0. The quantitative estimate of drug-likeness (QED) is 0.415. The number of rotatable bonds is 4. The van der Waals surface area contributed by atoms with Gasteiger partial charge >= 0.3 is 0 Å². The number of anilines is 2. The molecule has 1 aromatic carbocycles. The van der Waals surface area contributed by atoms with Gasteiger partial charge in [0.1, 0.15) is 11.5 Å². The van der Waals surface area contributed by atoms with Crippen molar-refractivity contribution in [2.24, 2.45) is 0 Å². The van der Waals surface area contributed by atoms with E-state index in [9.17, 15) is 9.90 Å². The van der Waals surface area contributed by atoms with Gasteiger partial charge in [0.05, 0.1) is 22.7 Å². The molecular formula is C21H21N7O2. The molecule has 0 bridgehead atoms. The van der Waals surface area contributed by atoms with Gasteiger partial charge in [-0.1, -0.05) is 12.1 Å². The number of fused-ring (bicyclic) bond motifs is 1. The third kappa shape index (κ3) is 3.62. The van der Waals surface area contributed by atoms with Crippen LogP contribution in [0, 0.1) is 0 Å². The van der Waals surface area contributed by atoms with Crippen LogP contribution in [-0.2, 0) is 0 Å². The van der Waals surface area contributed by atoms with Crippen molar-refractivity contribution in [2.45, 2.75) is 18.9 Å². The third-order valence-electron chi connectivity index (χ3n) is 5.26. The molecule has 30 heavy (non-hydrogen) atoms. The molecular weight excluding hydrogens is 382 g/mol. The summed E-state index contributed by atoms with van der Waals surface area (Å²) in [5, 5.41) is 19.5. The molecule has 1 fully saturated rings. The zero-order valence-corrected chi connectivity index (χ0v) is 16.2. The minimum atomic E-state index is -0.286. The summed E-state index contributed by atoms with van der Waals surface area (Å²) in [5.74, 6) is 1.59. The van der Waals surface area contributed by atoms with Crippen LogP contribution >= 0.6 is 0 Å². The number of benzene rings is 1. The second-order valence-electron chi connectivity index (χ2n) is 7.35. The average molecular weight is 403 g/mol. The number of para-hydroxylation sites is 2. The standard InChI is InChI=1S/C21H21N7O2/c29-14-7-9-28(10-8-14)19-6-5-13(12-22-19)21(30)25-18-11-17(26-27-18)20-23-15-3-1-2-4-16(15)24-20/h1-6,11-12,14,29H,7-10H2,(H,23,24)(H2,25,26,27,30). The zero-order chi connectivity index (χ0) is 20.5. The van der Waals surface area contributed by atoms with Crippen molar-refractivity contribution in [2.75, 3.05) is 23.3 Å². The van der Waals surface area contributed by atoms with Gasteiger partial charge in [0, 0.05) is 25.4 Å². The summed E-state index contributed by atoms with van der Waals surface area (Å²) in [6.07, 6.45) is 2.79. The van der Waals surface area contributed by atoms with Crippen molar-refractivity contribution in [1.29, 1.82) is 0 Å². The van der Waals surface area contributed by atoms with Crippen molar-refractivity contribution in [3.8, 4) is 11.5 Å². The van der Waals surface area contributed by atoms with E-state index in [0.717, 1.165) is 42.8 Å². The molecule has 0 saturated carbocycles. The molecule has 1 amide bonds. The lowest BCUT2D eigenvalue weighted by atomic mass is 10.1. The van der Waals surface area contributed by atoms with Crippen molar-refractivity contribution >= 4 is 28.6 Å². The van der Waals surface area contributed by atoms with Crippen LogP contribution in [0.5, 0.6) is 0 Å². The molecule has 9 heteroatoms. The highest BCUT2D eigenvalue weighted by molar-refractivity contribution is 6.03. The fourth-order valence-corrected chi connectivity index (χ4v) is 3.58. The predicted octanol–water partition coefficient (Wildman–Crippen LogP) is 2.56. The fourth-order valence-electron chi connectivity index (χ4n) is 3.58. The molecule has 4 N–H and O–H groups in total. The van der Waals surface area contributed by atoms with E-state index in [-0.39, 0.29) is 12.0 Å². The van der Waals surface area contributed by atoms with E-state index in [0.29, 0.717) is 22.9 Å². The van der Waals surface area contributed by atoms with E-state index in [1.807, 2.05) is 30.3 Å². The molecule has 1 aliphatic heterocycles. The number of aromatic nitrogens is 5. The first-order valence-corrected chi connectivity index (χ1v) is 9.87. The minimum absolute atomic E-state index is 0.232. The van der Waals surface area contributed by atoms with Crippen LogP contribution in [0.3, 0.4) is 0 Å². The first-order valence-electron chi connectivity index (χ1n) is 9.87. The number of hydrogen-bond acceptors (Lipinski definition) is 6. The number of H-pyrrole nitrogens is 2. The van der Waals surface area contributed by atoms with Gasteiger partial charge in [-0.3, -0.25) is 9.89 Å². The third-order valence-corrected chi connectivity index (χ3v) is 5.26. The van der Waals surface area contributed by atoms with E-state index in [1.54, 1.807) is 18.3 Å². The Morgan fingerprint density at radius 2 is 2.00 bits per heavy atom. The van der Waals surface area contributed by atoms with E-state index in [1.165, 1.54) is 0 Å². The Morgan fingerprint density at radius 1 is 1.17 bits per heavy atom. The van der Waals surface area contributed by atoms with Crippen molar-refractivity contribution in [3.63, 3.8) is 0 Å². The molecule has 0 spiro atoms. The molecule has 1 aliphatic rings. The van der Waals surface area contributed by atoms with Gasteiger partial charge in [-0.05, 0) is 37.1 Å². The lowest BCUT2D eigenvalue weighted by Gasteiger charge is -2.30. The number of pyridine rings is 1. The van der Waals surface area contributed by atoms with E-state index in [2.05, 4.69) is 35.4 Å². The van der Waals surface area contributed by atoms with Crippen LogP contribution in [0.4, 0.5) is 11.6 Å². The average Bonchev–Trinajstić information content (AvgIpc) is 3.41. The Labute approximate surface area is 172 Å². The predicted molar refractivity (Wildman–Crippen MR) is 113 cm³/mol. The highest BCUT2D eigenvalue weighted by Gasteiger charge is 2.18. The van der Waals surface area contributed by atoms with Crippen LogP contribution in [0.1, 0.15) is 23.2 Å². The van der Waals surface area contributed by atoms with Gasteiger partial charge in [-0.2, -0.15) is 5.10 Å². The summed E-state index contributed by atoms with van der Waals surface area (Å²) in [6, 6.07) is 13.1. The molecule has 0 atom stereocenters. The second kappa shape index (κ2) is 7.60. The summed E-state index contributed by atoms with van der Waals surface area (Å²) in [4.78, 5) is 26.8. The maximum Gasteiger partial charge on any atom is 0.258 e. The molecule has 4 heterocycles. The number of amides is 1. The minimum Gasteiger partial charge on any atom is -0.393 e.